The first-order chi connectivity index (χ1) is 11.7. The number of rotatable bonds is 8. The molecule has 0 spiro atoms. The number of alkyl carbamates (subject to hydrolysis) is 1. The maximum atomic E-state index is 12.2. The smallest absolute Gasteiger partial charge is 0.407 e. The highest BCUT2D eigenvalue weighted by Crippen LogP contribution is 2.29. The van der Waals surface area contributed by atoms with E-state index in [9.17, 15) is 9.59 Å². The Kier molecular flexibility index (Phi) is 8.46. The third kappa shape index (κ3) is 8.05. The molecule has 25 heavy (non-hydrogen) atoms. The number of hydrogen-bond donors (Lipinski definition) is 1. The highest BCUT2D eigenvalue weighted by Gasteiger charge is 2.27. The predicted octanol–water partition coefficient (Wildman–Crippen LogP) is 4.27. The molecule has 0 aliphatic carbocycles. The van der Waals surface area contributed by atoms with Crippen LogP contribution >= 0.6 is 0 Å². The average Bonchev–Trinajstić information content (AvgIpc) is 2.54. The summed E-state index contributed by atoms with van der Waals surface area (Å²) in [5.41, 5.74) is 0.496. The fraction of sp³-hybridized carbons (Fsp3) is 0.600. The fourth-order valence-corrected chi connectivity index (χ4v) is 2.75. The topological polar surface area (TPSA) is 64.6 Å². The van der Waals surface area contributed by atoms with Gasteiger partial charge in [-0.2, -0.15) is 0 Å². The molecule has 0 aliphatic rings. The summed E-state index contributed by atoms with van der Waals surface area (Å²) in [5.74, 6) is -0.299. The summed E-state index contributed by atoms with van der Waals surface area (Å²) in [6.45, 7) is 8.14. The molecule has 1 aromatic carbocycles. The van der Waals surface area contributed by atoms with Crippen molar-refractivity contribution in [1.29, 1.82) is 0 Å². The van der Waals surface area contributed by atoms with Gasteiger partial charge in [0.25, 0.3) is 0 Å². The number of unbranched alkanes of at least 4 members (excludes halogenated alkanes) is 1. The van der Waals surface area contributed by atoms with Gasteiger partial charge in [-0.3, -0.25) is 4.79 Å². The summed E-state index contributed by atoms with van der Waals surface area (Å²) in [4.78, 5) is 23.8. The first-order valence-corrected chi connectivity index (χ1v) is 8.84. The number of amides is 1. The Hall–Kier alpha value is -2.04. The average molecular weight is 349 g/mol. The molecule has 0 radical (unpaired) electrons. The van der Waals surface area contributed by atoms with Gasteiger partial charge in [-0.15, -0.1) is 0 Å². The van der Waals surface area contributed by atoms with E-state index in [1.165, 1.54) is 7.11 Å². The summed E-state index contributed by atoms with van der Waals surface area (Å²) in [6.07, 6.45) is 2.24. The van der Waals surface area contributed by atoms with Crippen molar-refractivity contribution in [2.75, 3.05) is 13.7 Å². The first-order valence-electron chi connectivity index (χ1n) is 8.84. The van der Waals surface area contributed by atoms with Crippen molar-refractivity contribution in [2.45, 2.75) is 58.5 Å². The van der Waals surface area contributed by atoms with Crippen LogP contribution in [0.25, 0.3) is 0 Å². The normalized spacial score (nSPS) is 13.6. The molecule has 0 bridgehead atoms. The summed E-state index contributed by atoms with van der Waals surface area (Å²) in [5, 5.41) is 2.75. The molecule has 0 aromatic heterocycles. The third-order valence-electron chi connectivity index (χ3n) is 3.94. The molecule has 0 unspecified atom stereocenters. The highest BCUT2D eigenvalue weighted by atomic mass is 16.6. The van der Waals surface area contributed by atoms with Crippen molar-refractivity contribution in [2.24, 2.45) is 5.92 Å². The second kappa shape index (κ2) is 10.1. The summed E-state index contributed by atoms with van der Waals surface area (Å²) in [7, 11) is 1.43. The number of carbonyl (C=O) groups excluding carboxylic acids is 2. The lowest BCUT2D eigenvalue weighted by molar-refractivity contribution is -0.143. The Labute approximate surface area is 151 Å². The van der Waals surface area contributed by atoms with E-state index in [2.05, 4.69) is 12.2 Å². The van der Waals surface area contributed by atoms with E-state index in [0.717, 1.165) is 24.8 Å². The third-order valence-corrected chi connectivity index (χ3v) is 3.94. The molecule has 1 aromatic rings. The van der Waals surface area contributed by atoms with Crippen LogP contribution in [0.1, 0.15) is 58.4 Å². The zero-order chi connectivity index (χ0) is 18.9. The van der Waals surface area contributed by atoms with Crippen molar-refractivity contribution < 1.29 is 19.1 Å². The minimum atomic E-state index is -0.484. The predicted molar refractivity (Wildman–Crippen MR) is 98.5 cm³/mol. The van der Waals surface area contributed by atoms with Gasteiger partial charge in [0.1, 0.15) is 5.60 Å². The minimum Gasteiger partial charge on any atom is -0.469 e. The molecule has 0 aliphatic heterocycles. The Morgan fingerprint density at radius 1 is 1.12 bits per heavy atom. The zero-order valence-electron chi connectivity index (χ0n) is 16.0. The van der Waals surface area contributed by atoms with Crippen LogP contribution in [0.3, 0.4) is 0 Å². The molecule has 0 saturated heterocycles. The van der Waals surface area contributed by atoms with Gasteiger partial charge in [0.05, 0.1) is 13.0 Å². The molecule has 140 valence electrons. The van der Waals surface area contributed by atoms with Crippen molar-refractivity contribution >= 4 is 12.1 Å². The number of hydrogen-bond acceptors (Lipinski definition) is 4. The van der Waals surface area contributed by atoms with Gasteiger partial charge in [0.2, 0.25) is 0 Å². The van der Waals surface area contributed by atoms with E-state index in [0.29, 0.717) is 6.54 Å². The minimum absolute atomic E-state index is 0.163. The fourth-order valence-electron chi connectivity index (χ4n) is 2.75. The lowest BCUT2D eigenvalue weighted by atomic mass is 9.84. The highest BCUT2D eigenvalue weighted by molar-refractivity contribution is 5.78. The van der Waals surface area contributed by atoms with E-state index in [4.69, 9.17) is 9.47 Å². The Balaban J connectivity index is 2.42. The van der Waals surface area contributed by atoms with Crippen LogP contribution in [-0.4, -0.2) is 31.3 Å². The summed E-state index contributed by atoms with van der Waals surface area (Å²) >= 11 is 0. The molecule has 1 N–H and O–H groups in total. The van der Waals surface area contributed by atoms with E-state index < -0.39 is 11.7 Å². The van der Waals surface area contributed by atoms with Crippen LogP contribution < -0.4 is 5.32 Å². The van der Waals surface area contributed by atoms with Crippen LogP contribution in [0.15, 0.2) is 30.3 Å². The molecule has 1 amide bonds. The molecular weight excluding hydrogens is 318 g/mol. The number of carbonyl (C=O) groups is 2. The van der Waals surface area contributed by atoms with E-state index in [1.54, 1.807) is 0 Å². The van der Waals surface area contributed by atoms with Gasteiger partial charge in [-0.05, 0) is 45.1 Å². The van der Waals surface area contributed by atoms with E-state index in [-0.39, 0.29) is 17.8 Å². The summed E-state index contributed by atoms with van der Waals surface area (Å²) < 4.78 is 10.2. The molecule has 5 heteroatoms. The van der Waals surface area contributed by atoms with Gasteiger partial charge >= 0.3 is 12.1 Å². The van der Waals surface area contributed by atoms with Crippen LogP contribution in [0, 0.1) is 5.92 Å². The lowest BCUT2D eigenvalue weighted by Gasteiger charge is -2.22. The van der Waals surface area contributed by atoms with Crippen molar-refractivity contribution in [3.05, 3.63) is 35.9 Å². The maximum Gasteiger partial charge on any atom is 0.407 e. The quantitative estimate of drug-likeness (QED) is 0.562. The molecule has 1 rings (SSSR count). The van der Waals surface area contributed by atoms with Crippen LogP contribution in [-0.2, 0) is 14.3 Å². The molecule has 2 atom stereocenters. The number of nitrogens with one attached hydrogen (secondary N) is 1. The number of methoxy groups -OCH3 is 1. The second-order valence-electron chi connectivity index (χ2n) is 7.31. The number of esters is 1. The first kappa shape index (κ1) is 21.0. The van der Waals surface area contributed by atoms with E-state index >= 15 is 0 Å². The van der Waals surface area contributed by atoms with Gasteiger partial charge in [0, 0.05) is 6.54 Å². The molecular formula is C20H31NO4. The lowest BCUT2D eigenvalue weighted by Crippen LogP contribution is -2.33. The molecule has 5 nitrogen and oxygen atoms in total. The summed E-state index contributed by atoms with van der Waals surface area (Å²) in [6, 6.07) is 9.72. The van der Waals surface area contributed by atoms with Gasteiger partial charge < -0.3 is 14.8 Å². The van der Waals surface area contributed by atoms with Crippen LogP contribution in [0.2, 0.25) is 0 Å². The van der Waals surface area contributed by atoms with Gasteiger partial charge in [-0.25, -0.2) is 4.79 Å². The number of benzene rings is 1. The number of ether oxygens (including phenoxy) is 2. The maximum absolute atomic E-state index is 12.2. The Morgan fingerprint density at radius 2 is 1.76 bits per heavy atom. The Bertz CT molecular complexity index is 536. The van der Waals surface area contributed by atoms with Crippen LogP contribution in [0.5, 0.6) is 0 Å². The van der Waals surface area contributed by atoms with Crippen LogP contribution in [0.4, 0.5) is 4.79 Å². The molecule has 0 heterocycles. The molecule has 0 fully saturated rings. The second-order valence-corrected chi connectivity index (χ2v) is 7.31. The monoisotopic (exact) mass is 349 g/mol. The van der Waals surface area contributed by atoms with Crippen molar-refractivity contribution in [3.8, 4) is 0 Å². The molecule has 0 saturated carbocycles. The van der Waals surface area contributed by atoms with Crippen molar-refractivity contribution in [1.82, 2.24) is 5.32 Å². The largest absolute Gasteiger partial charge is 0.469 e. The van der Waals surface area contributed by atoms with Gasteiger partial charge in [-0.1, -0.05) is 43.7 Å². The standard InChI is InChI=1S/C20H31NO4/c1-15(11-9-10-14-21-19(23)25-20(2,3)4)17(18(22)24-5)16-12-7-6-8-13-16/h6-8,12-13,15,17H,9-11,14H2,1-5H3,(H,21,23)/t15-,17-/m0/s1. The SMILES string of the molecule is COC(=O)[C@H](c1ccccc1)[C@@H](C)CCCCNC(=O)OC(C)(C)C. The Morgan fingerprint density at radius 3 is 2.32 bits per heavy atom. The van der Waals surface area contributed by atoms with Gasteiger partial charge in [0.15, 0.2) is 0 Å². The van der Waals surface area contributed by atoms with Crippen molar-refractivity contribution in [3.63, 3.8) is 0 Å². The van der Waals surface area contributed by atoms with E-state index in [1.807, 2.05) is 51.1 Å². The zero-order valence-corrected chi connectivity index (χ0v) is 16.0.